The van der Waals surface area contributed by atoms with Crippen molar-refractivity contribution >= 4 is 55.9 Å². The van der Waals surface area contributed by atoms with Gasteiger partial charge in [0.2, 0.25) is 0 Å². The van der Waals surface area contributed by atoms with Crippen LogP contribution in [0.5, 0.6) is 0 Å². The molecule has 0 amide bonds. The van der Waals surface area contributed by atoms with Crippen molar-refractivity contribution in [2.45, 2.75) is 26.3 Å². The minimum absolute atomic E-state index is 0.0682. The standard InChI is InChI=1S/C64H51N5/c1-64(2,3)67-44-66(59-35-17-18-36-60(59)67)49-27-19-28-50(42-49)68(63-54(46-23-9-5-10-24-46)32-20-33-55(63)47-25-11-6-12-26-47)51-37-38-57-56-31-15-16-34-58(56)69(61(57)43-51)62-41-48(39-40-65-62)53-30-14-13-29-52(53)45-21-7-4-8-22-45/h4-43H,44H2,1-3H3. The largest absolute Gasteiger partial charge is 0.347 e. The lowest BCUT2D eigenvalue weighted by Crippen LogP contribution is -2.42. The smallest absolute Gasteiger partial charge is 0.138 e. The fourth-order valence-electron chi connectivity index (χ4n) is 10.4. The molecule has 12 rings (SSSR count). The number of hydrogen-bond acceptors (Lipinski definition) is 4. The van der Waals surface area contributed by atoms with E-state index in [1.54, 1.807) is 0 Å². The highest BCUT2D eigenvalue weighted by molar-refractivity contribution is 6.11. The summed E-state index contributed by atoms with van der Waals surface area (Å²) in [6, 6.07) is 85.6. The molecular formula is C64H51N5. The van der Waals surface area contributed by atoms with Gasteiger partial charge in [0.15, 0.2) is 0 Å². The van der Waals surface area contributed by atoms with Gasteiger partial charge >= 0.3 is 0 Å². The third-order valence-electron chi connectivity index (χ3n) is 13.6. The van der Waals surface area contributed by atoms with E-state index in [1.807, 2.05) is 6.20 Å². The van der Waals surface area contributed by atoms with E-state index in [2.05, 4.69) is 277 Å². The van der Waals surface area contributed by atoms with Crippen molar-refractivity contribution in [1.82, 2.24) is 9.55 Å². The lowest BCUT2D eigenvalue weighted by Gasteiger charge is -2.34. The summed E-state index contributed by atoms with van der Waals surface area (Å²) in [5, 5.41) is 2.34. The van der Waals surface area contributed by atoms with Crippen LogP contribution in [0.15, 0.2) is 243 Å². The van der Waals surface area contributed by atoms with E-state index in [-0.39, 0.29) is 5.54 Å². The fourth-order valence-corrected chi connectivity index (χ4v) is 10.4. The van der Waals surface area contributed by atoms with Gasteiger partial charge in [0.25, 0.3) is 0 Å². The van der Waals surface area contributed by atoms with Crippen molar-refractivity contribution < 1.29 is 0 Å². The van der Waals surface area contributed by atoms with E-state index in [9.17, 15) is 0 Å². The molecule has 3 heterocycles. The Morgan fingerprint density at radius 1 is 0.420 bits per heavy atom. The molecule has 0 aliphatic carbocycles. The lowest BCUT2D eigenvalue weighted by molar-refractivity contribution is 0.518. The maximum absolute atomic E-state index is 5.15. The highest BCUT2D eigenvalue weighted by Gasteiger charge is 2.34. The summed E-state index contributed by atoms with van der Waals surface area (Å²) < 4.78 is 2.35. The number of para-hydroxylation sites is 4. The molecule has 0 radical (unpaired) electrons. The number of anilines is 6. The minimum atomic E-state index is -0.0682. The summed E-state index contributed by atoms with van der Waals surface area (Å²) in [7, 11) is 0. The Labute approximate surface area is 404 Å². The van der Waals surface area contributed by atoms with Gasteiger partial charge in [0.1, 0.15) is 5.82 Å². The fraction of sp³-hybridized carbons (Fsp3) is 0.0781. The number of aromatic nitrogens is 2. The van der Waals surface area contributed by atoms with Crippen LogP contribution in [0.25, 0.3) is 72.1 Å². The Kier molecular flexibility index (Phi) is 10.4. The summed E-state index contributed by atoms with van der Waals surface area (Å²) in [4.78, 5) is 12.6. The van der Waals surface area contributed by atoms with E-state index in [0.29, 0.717) is 0 Å². The van der Waals surface area contributed by atoms with Gasteiger partial charge in [-0.25, -0.2) is 4.98 Å². The summed E-state index contributed by atoms with van der Waals surface area (Å²) in [6.07, 6.45) is 1.95. The second-order valence-corrected chi connectivity index (χ2v) is 18.8. The Bertz CT molecular complexity index is 3590. The average Bonchev–Trinajstić information content (AvgIpc) is 3.97. The van der Waals surface area contributed by atoms with E-state index in [1.165, 1.54) is 27.9 Å². The van der Waals surface area contributed by atoms with Crippen LogP contribution in [0.2, 0.25) is 0 Å². The van der Waals surface area contributed by atoms with Crippen LogP contribution in [0.3, 0.4) is 0 Å². The zero-order chi connectivity index (χ0) is 46.5. The van der Waals surface area contributed by atoms with Crippen LogP contribution in [0.4, 0.5) is 34.1 Å². The van der Waals surface area contributed by atoms with Crippen LogP contribution in [0.1, 0.15) is 20.8 Å². The Hall–Kier alpha value is -8.67. The number of nitrogens with zero attached hydrogens (tertiary/aromatic N) is 5. The molecular weight excluding hydrogens is 839 g/mol. The summed E-state index contributed by atoms with van der Waals surface area (Å²) in [5.74, 6) is 0.859. The van der Waals surface area contributed by atoms with Gasteiger partial charge < -0.3 is 14.7 Å². The normalized spacial score (nSPS) is 12.4. The zero-order valence-electron chi connectivity index (χ0n) is 39.0. The van der Waals surface area contributed by atoms with E-state index >= 15 is 0 Å². The van der Waals surface area contributed by atoms with Crippen LogP contribution in [0, 0.1) is 0 Å². The van der Waals surface area contributed by atoms with Crippen LogP contribution >= 0.6 is 0 Å². The summed E-state index contributed by atoms with van der Waals surface area (Å²) >= 11 is 0. The van der Waals surface area contributed by atoms with Crippen molar-refractivity contribution in [2.75, 3.05) is 21.4 Å². The quantitative estimate of drug-likeness (QED) is 0.144. The number of pyridine rings is 1. The molecule has 5 nitrogen and oxygen atoms in total. The van der Waals surface area contributed by atoms with Crippen LogP contribution in [-0.4, -0.2) is 21.8 Å². The molecule has 332 valence electrons. The van der Waals surface area contributed by atoms with Crippen molar-refractivity contribution in [1.29, 1.82) is 0 Å². The van der Waals surface area contributed by atoms with Gasteiger partial charge in [-0.2, -0.15) is 0 Å². The zero-order valence-corrected chi connectivity index (χ0v) is 39.0. The minimum Gasteiger partial charge on any atom is -0.347 e. The average molecular weight is 890 g/mol. The summed E-state index contributed by atoms with van der Waals surface area (Å²) in [5.41, 5.74) is 18.1. The first-order chi connectivity index (χ1) is 33.9. The molecule has 0 spiro atoms. The second kappa shape index (κ2) is 17.2. The third-order valence-corrected chi connectivity index (χ3v) is 13.6. The molecule has 11 aromatic rings. The molecule has 2 aromatic heterocycles. The lowest BCUT2D eigenvalue weighted by atomic mass is 9.94. The van der Waals surface area contributed by atoms with Crippen molar-refractivity contribution in [2.24, 2.45) is 0 Å². The Morgan fingerprint density at radius 2 is 0.957 bits per heavy atom. The molecule has 0 saturated carbocycles. The van der Waals surface area contributed by atoms with Gasteiger partial charge in [-0.3, -0.25) is 4.57 Å². The first kappa shape index (κ1) is 41.7. The number of hydrogen-bond donors (Lipinski definition) is 0. The number of rotatable bonds is 9. The first-order valence-corrected chi connectivity index (χ1v) is 23.8. The molecule has 0 atom stereocenters. The van der Waals surface area contributed by atoms with E-state index in [4.69, 9.17) is 4.98 Å². The monoisotopic (exact) mass is 889 g/mol. The van der Waals surface area contributed by atoms with Gasteiger partial charge in [0, 0.05) is 50.7 Å². The Balaban J connectivity index is 1.10. The number of benzene rings is 9. The molecule has 1 aliphatic rings. The topological polar surface area (TPSA) is 27.5 Å². The van der Waals surface area contributed by atoms with E-state index in [0.717, 1.165) is 85.0 Å². The molecule has 9 aromatic carbocycles. The maximum atomic E-state index is 5.15. The molecule has 69 heavy (non-hydrogen) atoms. The molecule has 5 heteroatoms. The van der Waals surface area contributed by atoms with Crippen molar-refractivity contribution in [3.8, 4) is 50.3 Å². The third kappa shape index (κ3) is 7.49. The molecule has 0 N–H and O–H groups in total. The molecule has 0 fully saturated rings. The van der Waals surface area contributed by atoms with E-state index < -0.39 is 0 Å². The molecule has 1 aliphatic heterocycles. The van der Waals surface area contributed by atoms with Gasteiger partial charge in [-0.15, -0.1) is 0 Å². The SMILES string of the molecule is CC(C)(C)N1CN(c2cccc(N(c3ccc4c5ccccc5n(-c5cc(-c6ccccc6-c6ccccc6)ccn5)c4c3)c3c(-c4ccccc4)cccc3-c3ccccc3)c2)c2ccccc21. The first-order valence-electron chi connectivity index (χ1n) is 23.8. The van der Waals surface area contributed by atoms with Gasteiger partial charge in [-0.05, 0) is 115 Å². The Morgan fingerprint density at radius 3 is 1.64 bits per heavy atom. The highest BCUT2D eigenvalue weighted by Crippen LogP contribution is 2.50. The predicted octanol–water partition coefficient (Wildman–Crippen LogP) is 17.0. The van der Waals surface area contributed by atoms with Crippen LogP contribution < -0.4 is 14.7 Å². The maximum Gasteiger partial charge on any atom is 0.138 e. The molecule has 0 saturated heterocycles. The molecule has 0 unspecified atom stereocenters. The predicted molar refractivity (Wildman–Crippen MR) is 291 cm³/mol. The number of fused-ring (bicyclic) bond motifs is 4. The van der Waals surface area contributed by atoms with Crippen LogP contribution in [-0.2, 0) is 0 Å². The van der Waals surface area contributed by atoms with Gasteiger partial charge in [0.05, 0.1) is 34.8 Å². The highest BCUT2D eigenvalue weighted by atomic mass is 15.4. The van der Waals surface area contributed by atoms with Crippen molar-refractivity contribution in [3.05, 3.63) is 243 Å². The summed E-state index contributed by atoms with van der Waals surface area (Å²) in [6.45, 7) is 7.63. The van der Waals surface area contributed by atoms with Gasteiger partial charge in [-0.1, -0.05) is 176 Å². The molecule has 0 bridgehead atoms. The second-order valence-electron chi connectivity index (χ2n) is 18.8. The van der Waals surface area contributed by atoms with Crippen molar-refractivity contribution in [3.63, 3.8) is 0 Å².